The number of hydrogen-bond acceptors (Lipinski definition) is 4. The monoisotopic (exact) mass is 337 g/mol. The first kappa shape index (κ1) is 16.4. The van der Waals surface area contributed by atoms with Crippen molar-refractivity contribution < 1.29 is 19.5 Å². The Labute approximate surface area is 143 Å². The third-order valence-electron chi connectivity index (χ3n) is 3.66. The van der Waals surface area contributed by atoms with E-state index in [0.717, 1.165) is 5.71 Å². The molecule has 126 valence electrons. The Hall–Kier alpha value is -3.48. The molecular formula is C18H15N3O4. The maximum absolute atomic E-state index is 12.3. The molecule has 0 aromatic heterocycles. The number of aromatic carboxylic acids is 1. The summed E-state index contributed by atoms with van der Waals surface area (Å²) in [5.41, 5.74) is 2.26. The van der Waals surface area contributed by atoms with Gasteiger partial charge in [-0.25, -0.2) is 9.80 Å². The first-order chi connectivity index (χ1) is 11.9. The largest absolute Gasteiger partial charge is 0.478 e. The number of carbonyl (C=O) groups excluding carboxylic acids is 2. The SMILES string of the molecule is CC1=NN(c2cccc(NC(=O)c3ccc(C(=O)O)cc3)c2)C(=O)C1. The lowest BCUT2D eigenvalue weighted by Gasteiger charge is -2.13. The molecule has 0 aliphatic carbocycles. The molecule has 0 spiro atoms. The van der Waals surface area contributed by atoms with E-state index in [0.29, 0.717) is 16.9 Å². The van der Waals surface area contributed by atoms with Gasteiger partial charge in [0.05, 0.1) is 17.7 Å². The average Bonchev–Trinajstić information content (AvgIpc) is 2.93. The van der Waals surface area contributed by atoms with E-state index < -0.39 is 5.97 Å². The second-order valence-corrected chi connectivity index (χ2v) is 5.60. The molecule has 3 rings (SSSR count). The van der Waals surface area contributed by atoms with Gasteiger partial charge in [0.25, 0.3) is 11.8 Å². The molecule has 25 heavy (non-hydrogen) atoms. The standard InChI is InChI=1S/C18H15N3O4/c1-11-9-16(22)21(20-11)15-4-2-3-14(10-15)19-17(23)12-5-7-13(8-6-12)18(24)25/h2-8,10H,9H2,1H3,(H,19,23)(H,24,25). The minimum Gasteiger partial charge on any atom is -0.478 e. The van der Waals surface area contributed by atoms with E-state index in [9.17, 15) is 14.4 Å². The fourth-order valence-corrected chi connectivity index (χ4v) is 2.44. The molecule has 2 amide bonds. The molecule has 1 aliphatic heterocycles. The molecule has 0 saturated carbocycles. The fraction of sp³-hybridized carbons (Fsp3) is 0.111. The lowest BCUT2D eigenvalue weighted by atomic mass is 10.1. The summed E-state index contributed by atoms with van der Waals surface area (Å²) < 4.78 is 0. The Balaban J connectivity index is 1.77. The van der Waals surface area contributed by atoms with Gasteiger partial charge in [0.15, 0.2) is 0 Å². The zero-order valence-corrected chi connectivity index (χ0v) is 13.4. The lowest BCUT2D eigenvalue weighted by molar-refractivity contribution is -0.116. The number of carboxylic acids is 1. The molecule has 7 nitrogen and oxygen atoms in total. The average molecular weight is 337 g/mol. The van der Waals surface area contributed by atoms with Crippen LogP contribution in [0.2, 0.25) is 0 Å². The van der Waals surface area contributed by atoms with Crippen LogP contribution in [0.1, 0.15) is 34.1 Å². The molecule has 0 unspecified atom stereocenters. The zero-order valence-electron chi connectivity index (χ0n) is 13.4. The van der Waals surface area contributed by atoms with Gasteiger partial charge in [0.2, 0.25) is 0 Å². The Morgan fingerprint density at radius 1 is 1.12 bits per heavy atom. The van der Waals surface area contributed by atoms with Crippen molar-refractivity contribution in [1.82, 2.24) is 0 Å². The van der Waals surface area contributed by atoms with Gasteiger partial charge in [-0.1, -0.05) is 6.07 Å². The first-order valence-electron chi connectivity index (χ1n) is 7.56. The van der Waals surface area contributed by atoms with Crippen molar-refractivity contribution >= 4 is 34.9 Å². The summed E-state index contributed by atoms with van der Waals surface area (Å²) in [5, 5.41) is 17.1. The number of benzene rings is 2. The summed E-state index contributed by atoms with van der Waals surface area (Å²) in [6.45, 7) is 1.78. The van der Waals surface area contributed by atoms with Crippen LogP contribution in [0, 0.1) is 0 Å². The maximum Gasteiger partial charge on any atom is 0.335 e. The van der Waals surface area contributed by atoms with E-state index in [1.807, 2.05) is 0 Å². The predicted molar refractivity (Wildman–Crippen MR) is 93.0 cm³/mol. The van der Waals surface area contributed by atoms with Gasteiger partial charge >= 0.3 is 5.97 Å². The third kappa shape index (κ3) is 3.55. The summed E-state index contributed by atoms with van der Waals surface area (Å²) in [4.78, 5) is 35.0. The zero-order chi connectivity index (χ0) is 18.0. The number of anilines is 2. The quantitative estimate of drug-likeness (QED) is 0.896. The number of hydrogen-bond donors (Lipinski definition) is 2. The van der Waals surface area contributed by atoms with Crippen molar-refractivity contribution in [2.24, 2.45) is 5.10 Å². The normalized spacial score (nSPS) is 13.6. The van der Waals surface area contributed by atoms with Crippen molar-refractivity contribution in [3.63, 3.8) is 0 Å². The van der Waals surface area contributed by atoms with Crippen molar-refractivity contribution in [3.8, 4) is 0 Å². The molecule has 2 aromatic rings. The number of carboxylic acid groups (broad SMARTS) is 1. The number of rotatable bonds is 4. The van der Waals surface area contributed by atoms with Crippen LogP contribution in [0.25, 0.3) is 0 Å². The summed E-state index contributed by atoms with van der Waals surface area (Å²) in [7, 11) is 0. The van der Waals surface area contributed by atoms with Gasteiger partial charge in [-0.15, -0.1) is 0 Å². The highest BCUT2D eigenvalue weighted by molar-refractivity contribution is 6.12. The second-order valence-electron chi connectivity index (χ2n) is 5.60. The molecule has 2 aromatic carbocycles. The molecule has 0 fully saturated rings. The number of hydrazone groups is 1. The number of amides is 2. The minimum absolute atomic E-state index is 0.110. The van der Waals surface area contributed by atoms with Gasteiger partial charge in [0, 0.05) is 17.0 Å². The number of nitrogens with zero attached hydrogens (tertiary/aromatic N) is 2. The predicted octanol–water partition coefficient (Wildman–Crippen LogP) is 2.75. The molecular weight excluding hydrogens is 322 g/mol. The van der Waals surface area contributed by atoms with Crippen LogP contribution in [0.5, 0.6) is 0 Å². The fourth-order valence-electron chi connectivity index (χ4n) is 2.44. The summed E-state index contributed by atoms with van der Waals surface area (Å²) in [5.74, 6) is -1.54. The van der Waals surface area contributed by atoms with Crippen LogP contribution in [0.3, 0.4) is 0 Å². The third-order valence-corrected chi connectivity index (χ3v) is 3.66. The van der Waals surface area contributed by atoms with E-state index in [2.05, 4.69) is 10.4 Å². The van der Waals surface area contributed by atoms with Gasteiger partial charge in [-0.2, -0.15) is 5.10 Å². The van der Waals surface area contributed by atoms with Gasteiger partial charge in [-0.05, 0) is 49.4 Å². The summed E-state index contributed by atoms with van der Waals surface area (Å²) in [6, 6.07) is 12.4. The molecule has 0 saturated heterocycles. The van der Waals surface area contributed by atoms with E-state index in [1.54, 1.807) is 31.2 Å². The Kier molecular flexibility index (Phi) is 4.30. The van der Waals surface area contributed by atoms with Crippen LogP contribution in [0.15, 0.2) is 53.6 Å². The smallest absolute Gasteiger partial charge is 0.335 e. The highest BCUT2D eigenvalue weighted by Gasteiger charge is 2.22. The van der Waals surface area contributed by atoms with Gasteiger partial charge < -0.3 is 10.4 Å². The van der Waals surface area contributed by atoms with Gasteiger partial charge in [-0.3, -0.25) is 9.59 Å². The molecule has 1 heterocycles. The van der Waals surface area contributed by atoms with Crippen molar-refractivity contribution in [1.29, 1.82) is 0 Å². The minimum atomic E-state index is -1.05. The van der Waals surface area contributed by atoms with Crippen LogP contribution in [-0.2, 0) is 4.79 Å². The maximum atomic E-state index is 12.3. The van der Waals surface area contributed by atoms with Crippen molar-refractivity contribution in [2.45, 2.75) is 13.3 Å². The summed E-state index contributed by atoms with van der Waals surface area (Å²) in [6.07, 6.45) is 0.284. The Morgan fingerprint density at radius 3 is 2.40 bits per heavy atom. The number of carbonyl (C=O) groups is 3. The Morgan fingerprint density at radius 2 is 1.80 bits per heavy atom. The summed E-state index contributed by atoms with van der Waals surface area (Å²) >= 11 is 0. The van der Waals surface area contributed by atoms with Crippen LogP contribution >= 0.6 is 0 Å². The number of nitrogens with one attached hydrogen (secondary N) is 1. The topological polar surface area (TPSA) is 99.1 Å². The van der Waals surface area contributed by atoms with E-state index >= 15 is 0 Å². The van der Waals surface area contributed by atoms with Crippen LogP contribution in [-0.4, -0.2) is 28.6 Å². The lowest BCUT2D eigenvalue weighted by Crippen LogP contribution is -2.20. The van der Waals surface area contributed by atoms with Crippen LogP contribution < -0.4 is 10.3 Å². The van der Waals surface area contributed by atoms with Crippen molar-refractivity contribution in [3.05, 3.63) is 59.7 Å². The second kappa shape index (κ2) is 6.56. The van der Waals surface area contributed by atoms with E-state index in [-0.39, 0.29) is 23.8 Å². The van der Waals surface area contributed by atoms with Gasteiger partial charge in [0.1, 0.15) is 0 Å². The molecule has 2 N–H and O–H groups in total. The van der Waals surface area contributed by atoms with E-state index in [4.69, 9.17) is 5.11 Å². The highest BCUT2D eigenvalue weighted by Crippen LogP contribution is 2.24. The highest BCUT2D eigenvalue weighted by atomic mass is 16.4. The molecule has 7 heteroatoms. The molecule has 0 bridgehead atoms. The molecule has 0 radical (unpaired) electrons. The first-order valence-corrected chi connectivity index (χ1v) is 7.56. The Bertz CT molecular complexity index is 887. The van der Waals surface area contributed by atoms with Crippen molar-refractivity contribution in [2.75, 3.05) is 10.3 Å². The molecule has 0 atom stereocenters. The van der Waals surface area contributed by atoms with E-state index in [1.165, 1.54) is 29.3 Å². The molecule has 1 aliphatic rings. The van der Waals surface area contributed by atoms with Crippen LogP contribution in [0.4, 0.5) is 11.4 Å².